The van der Waals surface area contributed by atoms with E-state index < -0.39 is 0 Å². The molecule has 0 saturated carbocycles. The van der Waals surface area contributed by atoms with Crippen molar-refractivity contribution < 1.29 is 0 Å². The number of unbranched alkanes of at least 4 members (excludes halogenated alkanes) is 4. The highest BCUT2D eigenvalue weighted by atomic mass is 14.9. The fourth-order valence-electron chi connectivity index (χ4n) is 3.26. The van der Waals surface area contributed by atoms with E-state index in [1.165, 1.54) is 51.4 Å². The van der Waals surface area contributed by atoms with E-state index in [2.05, 4.69) is 115 Å². The normalized spacial score (nSPS) is 8.64. The highest BCUT2D eigenvalue weighted by Crippen LogP contribution is 2.17. The standard InChI is InChI=1S/2C14H16N2.4C4H10.C2H6.3CH4/c2*1-3-12-10-13(4-2)16-14(15-12)11-8-6-5-7-9-11;4*1-3-4-2;1-2;;;/h2*5-10H,3-4H2,1-2H3;4*3-4H2,1-2H3;1-2H3;3*1H4. The lowest BCUT2D eigenvalue weighted by Gasteiger charge is -2.05. The van der Waals surface area contributed by atoms with Crippen LogP contribution in [-0.2, 0) is 25.7 Å². The van der Waals surface area contributed by atoms with Crippen molar-refractivity contribution >= 4 is 0 Å². The monoisotopic (exact) mass is 735 g/mol. The number of nitrogens with zero attached hydrogens (tertiary/aromatic N) is 4. The van der Waals surface area contributed by atoms with Crippen molar-refractivity contribution in [3.63, 3.8) is 0 Å². The lowest BCUT2D eigenvalue weighted by Crippen LogP contribution is -1.98. The minimum absolute atomic E-state index is 0. The second kappa shape index (κ2) is 46.6. The molecule has 0 aliphatic carbocycles. The Morgan fingerprint density at radius 2 is 0.509 bits per heavy atom. The van der Waals surface area contributed by atoms with Gasteiger partial charge in [-0.1, -0.05) is 231 Å². The third kappa shape index (κ3) is 32.9. The van der Waals surface area contributed by atoms with Gasteiger partial charge in [0.25, 0.3) is 0 Å². The zero-order valence-electron chi connectivity index (χ0n) is 35.2. The van der Waals surface area contributed by atoms with Crippen LogP contribution in [0.3, 0.4) is 0 Å². The number of rotatable bonds is 10. The van der Waals surface area contributed by atoms with Crippen molar-refractivity contribution in [3.05, 3.63) is 95.6 Å². The van der Waals surface area contributed by atoms with Crippen molar-refractivity contribution in [1.82, 2.24) is 19.9 Å². The van der Waals surface area contributed by atoms with Crippen LogP contribution in [0.5, 0.6) is 0 Å². The van der Waals surface area contributed by atoms with Crippen molar-refractivity contribution in [1.29, 1.82) is 0 Å². The number of aromatic nitrogens is 4. The molecule has 0 fully saturated rings. The summed E-state index contributed by atoms with van der Waals surface area (Å²) in [5, 5.41) is 0. The third-order valence-corrected chi connectivity index (χ3v) is 7.18. The highest BCUT2D eigenvalue weighted by Gasteiger charge is 2.05. The van der Waals surface area contributed by atoms with Gasteiger partial charge < -0.3 is 0 Å². The molecule has 2 aromatic heterocycles. The zero-order chi connectivity index (χ0) is 38.4. The summed E-state index contributed by atoms with van der Waals surface area (Å²) < 4.78 is 0. The second-order valence-electron chi connectivity index (χ2n) is 11.5. The van der Waals surface area contributed by atoms with Gasteiger partial charge in [0.05, 0.1) is 0 Å². The smallest absolute Gasteiger partial charge is 0.159 e. The van der Waals surface area contributed by atoms with Crippen LogP contribution >= 0.6 is 0 Å². The average Bonchev–Trinajstić information content (AvgIpc) is 3.22. The van der Waals surface area contributed by atoms with Crippen LogP contribution in [0.15, 0.2) is 72.8 Å². The Labute approximate surface area is 333 Å². The second-order valence-corrected chi connectivity index (χ2v) is 11.5. The minimum atomic E-state index is 0. The van der Waals surface area contributed by atoms with Crippen LogP contribution in [0.25, 0.3) is 22.8 Å². The third-order valence-electron chi connectivity index (χ3n) is 7.18. The van der Waals surface area contributed by atoms with E-state index >= 15 is 0 Å². The number of hydrogen-bond acceptors (Lipinski definition) is 4. The topological polar surface area (TPSA) is 51.6 Å². The molecule has 0 bridgehead atoms. The van der Waals surface area contributed by atoms with E-state index in [1.807, 2.05) is 74.5 Å². The maximum atomic E-state index is 4.56. The molecule has 0 spiro atoms. The van der Waals surface area contributed by atoms with Gasteiger partial charge in [-0.05, 0) is 37.8 Å². The van der Waals surface area contributed by atoms with Crippen molar-refractivity contribution in [2.75, 3.05) is 0 Å². The molecule has 0 saturated heterocycles. The maximum absolute atomic E-state index is 4.56. The molecule has 0 aliphatic heterocycles. The summed E-state index contributed by atoms with van der Waals surface area (Å²) in [6.07, 6.45) is 14.4. The molecule has 0 amide bonds. The molecule has 4 nitrogen and oxygen atoms in total. The van der Waals surface area contributed by atoms with E-state index in [9.17, 15) is 0 Å². The Morgan fingerprint density at radius 3 is 0.660 bits per heavy atom. The van der Waals surface area contributed by atoms with E-state index in [0.717, 1.165) is 71.2 Å². The molecule has 0 aliphatic rings. The number of hydrogen-bond donors (Lipinski definition) is 0. The summed E-state index contributed by atoms with van der Waals surface area (Å²) in [4.78, 5) is 18.2. The molecule has 0 atom stereocenters. The molecule has 4 rings (SSSR count). The first-order valence-corrected chi connectivity index (χ1v) is 20.2. The van der Waals surface area contributed by atoms with Crippen LogP contribution in [-0.4, -0.2) is 19.9 Å². The minimum Gasteiger partial charge on any atom is -0.233 e. The SMILES string of the molecule is C.C.C.CC.CCCC.CCCC.CCCC.CCCC.CCc1cc(CC)nc(-c2ccccc2)n1.CCc1cc(CC)nc(-c2ccccc2)n1. The van der Waals surface area contributed by atoms with Crippen LogP contribution in [0.1, 0.15) is 193 Å². The first-order chi connectivity index (χ1) is 24.3. The molecule has 0 unspecified atom stereocenters. The van der Waals surface area contributed by atoms with Crippen LogP contribution in [0.2, 0.25) is 0 Å². The maximum Gasteiger partial charge on any atom is 0.159 e. The summed E-state index contributed by atoms with van der Waals surface area (Å²) >= 11 is 0. The van der Waals surface area contributed by atoms with Crippen molar-refractivity contribution in [3.8, 4) is 22.8 Å². The predicted molar refractivity (Wildman–Crippen MR) is 246 cm³/mol. The lowest BCUT2D eigenvalue weighted by atomic mass is 10.2. The Morgan fingerprint density at radius 1 is 0.321 bits per heavy atom. The Bertz CT molecular complexity index is 1080. The van der Waals surface area contributed by atoms with Gasteiger partial charge in [-0.15, -0.1) is 0 Å². The Kier molecular flexibility index (Phi) is 54.2. The first-order valence-electron chi connectivity index (χ1n) is 20.2. The molecule has 0 radical (unpaired) electrons. The Balaban J connectivity index is -0.000000139. The van der Waals surface area contributed by atoms with Gasteiger partial charge in [-0.25, -0.2) is 19.9 Å². The van der Waals surface area contributed by atoms with Gasteiger partial charge in [0.2, 0.25) is 0 Å². The van der Waals surface area contributed by atoms with Gasteiger partial charge in [0, 0.05) is 33.9 Å². The lowest BCUT2D eigenvalue weighted by molar-refractivity contribution is 0.886. The Hall–Kier alpha value is -3.40. The molecule has 4 aromatic rings. The van der Waals surface area contributed by atoms with Crippen LogP contribution in [0.4, 0.5) is 0 Å². The molecular formula is C49H90N4. The summed E-state index contributed by atoms with van der Waals surface area (Å²) in [5.41, 5.74) is 6.65. The largest absolute Gasteiger partial charge is 0.233 e. The summed E-state index contributed by atoms with van der Waals surface area (Å²) in [6, 6.07) is 24.5. The highest BCUT2D eigenvalue weighted by molar-refractivity contribution is 5.55. The molecule has 306 valence electrons. The van der Waals surface area contributed by atoms with E-state index in [4.69, 9.17) is 0 Å². The summed E-state index contributed by atoms with van der Waals surface area (Å²) in [7, 11) is 0. The predicted octanol–water partition coefficient (Wildman–Crippen LogP) is 16.7. The quantitative estimate of drug-likeness (QED) is 0.163. The fraction of sp³-hybridized carbons (Fsp3) is 0.592. The fourth-order valence-corrected chi connectivity index (χ4v) is 3.26. The number of benzene rings is 2. The first kappa shape index (κ1) is 61.6. The molecular weight excluding hydrogens is 645 g/mol. The summed E-state index contributed by atoms with van der Waals surface area (Å²) in [5.74, 6) is 1.69. The van der Waals surface area contributed by atoms with Crippen LogP contribution < -0.4 is 0 Å². The van der Waals surface area contributed by atoms with Crippen molar-refractivity contribution in [2.24, 2.45) is 0 Å². The molecule has 0 N–H and O–H groups in total. The average molecular weight is 735 g/mol. The van der Waals surface area contributed by atoms with Crippen molar-refractivity contribution in [2.45, 2.75) is 196 Å². The van der Waals surface area contributed by atoms with E-state index in [0.29, 0.717) is 0 Å². The van der Waals surface area contributed by atoms with Gasteiger partial charge >= 0.3 is 0 Å². The number of aryl methyl sites for hydroxylation is 4. The van der Waals surface area contributed by atoms with Crippen LogP contribution in [0, 0.1) is 0 Å². The molecule has 4 heteroatoms. The zero-order valence-corrected chi connectivity index (χ0v) is 35.2. The van der Waals surface area contributed by atoms with Gasteiger partial charge in [-0.3, -0.25) is 0 Å². The van der Waals surface area contributed by atoms with Gasteiger partial charge in [-0.2, -0.15) is 0 Å². The molecule has 2 heterocycles. The van der Waals surface area contributed by atoms with E-state index in [-0.39, 0.29) is 22.3 Å². The van der Waals surface area contributed by atoms with Gasteiger partial charge in [0.15, 0.2) is 11.6 Å². The van der Waals surface area contributed by atoms with Gasteiger partial charge in [0.1, 0.15) is 0 Å². The molecule has 2 aromatic carbocycles. The summed E-state index contributed by atoms with van der Waals surface area (Å²) in [6.45, 7) is 29.9. The molecule has 53 heavy (non-hydrogen) atoms. The van der Waals surface area contributed by atoms with E-state index in [1.54, 1.807) is 0 Å².